The average Bonchev–Trinajstić information content (AvgIpc) is 4.02. The lowest BCUT2D eigenvalue weighted by molar-refractivity contribution is -0.210. The predicted molar refractivity (Wildman–Crippen MR) is 208 cm³/mol. The smallest absolute Gasteiger partial charge is 0.256 e. The number of nitrogens with two attached hydrogens (primary N) is 1. The van der Waals surface area contributed by atoms with Crippen molar-refractivity contribution < 1.29 is 43.4 Å². The van der Waals surface area contributed by atoms with Crippen molar-refractivity contribution in [2.24, 2.45) is 0 Å². The molecule has 4 fully saturated rings. The topological polar surface area (TPSA) is 212 Å². The largest absolute Gasteiger partial charge is 0.394 e. The number of fused-ring (bicyclic) bond motifs is 4. The van der Waals surface area contributed by atoms with Crippen LogP contribution in [0.15, 0.2) is 67.5 Å². The van der Waals surface area contributed by atoms with Crippen molar-refractivity contribution in [1.29, 1.82) is 0 Å². The summed E-state index contributed by atoms with van der Waals surface area (Å²) in [7, 11) is 0. The second-order valence-corrected chi connectivity index (χ2v) is 15.1. The molecule has 0 spiro atoms. The molecular formula is C41H44N8O9. The molecule has 4 aromatic heterocycles. The zero-order valence-electron chi connectivity index (χ0n) is 32.7. The van der Waals surface area contributed by atoms with E-state index in [4.69, 9.17) is 34.2 Å². The molecule has 5 N–H and O–H groups in total. The zero-order valence-corrected chi connectivity index (χ0v) is 32.7. The Bertz CT molecular complexity index is 2480. The summed E-state index contributed by atoms with van der Waals surface area (Å²) in [6.45, 7) is 10.3. The minimum absolute atomic E-state index is 0.204. The Balaban J connectivity index is 0.000000168. The minimum Gasteiger partial charge on any atom is -0.394 e. The van der Waals surface area contributed by atoms with Gasteiger partial charge in [-0.25, -0.2) is 19.9 Å². The molecule has 0 aliphatic carbocycles. The van der Waals surface area contributed by atoms with Gasteiger partial charge in [-0.3, -0.25) is 4.79 Å². The number of aliphatic hydroxyl groups is 2. The van der Waals surface area contributed by atoms with Crippen molar-refractivity contribution in [2.45, 2.75) is 101 Å². The Labute approximate surface area is 333 Å². The van der Waals surface area contributed by atoms with Crippen LogP contribution < -0.4 is 11.1 Å². The highest BCUT2D eigenvalue weighted by molar-refractivity contribution is 6.07. The van der Waals surface area contributed by atoms with Gasteiger partial charge in [-0.1, -0.05) is 30.0 Å². The van der Waals surface area contributed by atoms with Gasteiger partial charge in [-0.15, -0.1) is 11.8 Å². The highest BCUT2D eigenvalue weighted by atomic mass is 16.8. The molecule has 0 saturated carbocycles. The summed E-state index contributed by atoms with van der Waals surface area (Å²) >= 11 is 0. The van der Waals surface area contributed by atoms with Crippen molar-refractivity contribution in [3.63, 3.8) is 0 Å². The van der Waals surface area contributed by atoms with Gasteiger partial charge in [0, 0.05) is 18.0 Å². The second-order valence-electron chi connectivity index (χ2n) is 15.1. The molecule has 17 nitrogen and oxygen atoms in total. The third kappa shape index (κ3) is 6.46. The molecule has 1 amide bonds. The molecule has 0 bridgehead atoms. The average molecular weight is 793 g/mol. The molecule has 58 heavy (non-hydrogen) atoms. The summed E-state index contributed by atoms with van der Waals surface area (Å²) in [5.74, 6) is 10.9. The van der Waals surface area contributed by atoms with Crippen LogP contribution in [0.2, 0.25) is 0 Å². The first-order valence-electron chi connectivity index (χ1n) is 18.7. The van der Waals surface area contributed by atoms with Gasteiger partial charge in [-0.05, 0) is 65.8 Å². The van der Waals surface area contributed by atoms with E-state index >= 15 is 0 Å². The number of hydrogen-bond acceptors (Lipinski definition) is 14. The van der Waals surface area contributed by atoms with Crippen molar-refractivity contribution >= 4 is 39.6 Å². The van der Waals surface area contributed by atoms with E-state index in [1.807, 2.05) is 50.6 Å². The van der Waals surface area contributed by atoms with Crippen LogP contribution in [0.5, 0.6) is 0 Å². The summed E-state index contributed by atoms with van der Waals surface area (Å²) in [5.41, 5.74) is 5.39. The number of rotatable bonds is 6. The number of carbonyl (C=O) groups is 1. The van der Waals surface area contributed by atoms with E-state index in [-0.39, 0.29) is 19.1 Å². The van der Waals surface area contributed by atoms with Crippen LogP contribution >= 0.6 is 0 Å². The fourth-order valence-corrected chi connectivity index (χ4v) is 8.26. The molecular weight excluding hydrogens is 748 g/mol. The molecule has 4 aliphatic heterocycles. The van der Waals surface area contributed by atoms with Gasteiger partial charge in [0.2, 0.25) is 11.2 Å². The number of ether oxygens (including phenoxy) is 6. The van der Waals surface area contributed by atoms with Crippen molar-refractivity contribution in [3.05, 3.63) is 73.1 Å². The zero-order chi connectivity index (χ0) is 41.0. The van der Waals surface area contributed by atoms with Gasteiger partial charge >= 0.3 is 0 Å². The molecule has 302 valence electrons. The quantitative estimate of drug-likeness (QED) is 0.182. The van der Waals surface area contributed by atoms with E-state index in [1.165, 1.54) is 12.7 Å². The van der Waals surface area contributed by atoms with Crippen LogP contribution in [0, 0.1) is 23.7 Å². The molecule has 0 radical (unpaired) electrons. The number of hydrogen-bond donors (Lipinski definition) is 4. The molecule has 1 aromatic carbocycles. The van der Waals surface area contributed by atoms with Crippen LogP contribution in [0.3, 0.4) is 0 Å². The fraction of sp³-hybridized carbons (Fsp3) is 0.439. The summed E-state index contributed by atoms with van der Waals surface area (Å²) in [5, 5.41) is 23.9. The highest BCUT2D eigenvalue weighted by Crippen LogP contribution is 2.53. The van der Waals surface area contributed by atoms with Crippen molar-refractivity contribution in [1.82, 2.24) is 29.1 Å². The first-order chi connectivity index (χ1) is 27.8. The van der Waals surface area contributed by atoms with Gasteiger partial charge in [0.05, 0.1) is 24.0 Å². The van der Waals surface area contributed by atoms with Crippen LogP contribution in [0.4, 0.5) is 11.6 Å². The summed E-state index contributed by atoms with van der Waals surface area (Å²) in [6.07, 6.45) is 2.68. The number of aliphatic hydroxyl groups excluding tert-OH is 2. The van der Waals surface area contributed by atoms with E-state index < -0.39 is 59.6 Å². The summed E-state index contributed by atoms with van der Waals surface area (Å²) in [6, 6.07) is 12.5. The van der Waals surface area contributed by atoms with Gasteiger partial charge < -0.3 is 58.8 Å². The second kappa shape index (κ2) is 14.7. The number of nitrogens with zero attached hydrogens (tertiary/aromatic N) is 6. The third-order valence-electron chi connectivity index (χ3n) is 10.3. The lowest BCUT2D eigenvalue weighted by Crippen LogP contribution is -2.44. The van der Waals surface area contributed by atoms with E-state index in [0.717, 1.165) is 0 Å². The normalized spacial score (nSPS) is 30.1. The van der Waals surface area contributed by atoms with E-state index in [0.29, 0.717) is 39.3 Å². The molecule has 8 heterocycles. The Morgan fingerprint density at radius 3 is 1.78 bits per heavy atom. The van der Waals surface area contributed by atoms with Crippen molar-refractivity contribution in [3.8, 4) is 23.7 Å². The number of amides is 1. The number of benzene rings is 1. The van der Waals surface area contributed by atoms with Crippen LogP contribution in [0.25, 0.3) is 22.1 Å². The number of carbonyl (C=O) groups excluding carboxylic acids is 1. The van der Waals surface area contributed by atoms with E-state index in [2.05, 4.69) is 48.9 Å². The molecule has 8 atom stereocenters. The number of nitrogen functional groups attached to an aromatic ring is 1. The molecule has 4 saturated heterocycles. The van der Waals surface area contributed by atoms with Gasteiger partial charge in [-0.2, -0.15) is 0 Å². The molecule has 17 heteroatoms. The van der Waals surface area contributed by atoms with E-state index in [1.54, 1.807) is 54.9 Å². The standard InChI is InChI=1S/C24H24N4O5.C17H20N4O4/c1-4-11-24-18(32-23(2,3)33-24)17(13-29)31-22(24)28-12-10-16-19(25-14-26-20(16)28)27-21(30)15-8-6-5-7-9-15;1-4-6-17-12(24-16(2,3)25-17)11(8-22)23-15(17)21-7-5-10-13(18)19-9-20-14(10)21/h5-10,12,14,17-18,22,29H,13H2,1-3H3,(H,25,26,27,30);5,7,9,11-12,15,22H,8H2,1-3H3,(H2,18,19,20)/t17-,18-,22-,24-;11-,12-,15-,17-/m11/s1. The van der Waals surface area contributed by atoms with Crippen LogP contribution in [-0.2, 0) is 28.4 Å². The Hall–Kier alpha value is -5.47. The van der Waals surface area contributed by atoms with Gasteiger partial charge in [0.25, 0.3) is 5.91 Å². The fourth-order valence-electron chi connectivity index (χ4n) is 8.26. The minimum atomic E-state index is -1.14. The maximum absolute atomic E-state index is 12.7. The molecule has 9 rings (SSSR count). The van der Waals surface area contributed by atoms with Gasteiger partial charge in [0.15, 0.2) is 24.0 Å². The molecule has 4 aliphatic rings. The highest BCUT2D eigenvalue weighted by Gasteiger charge is 2.67. The van der Waals surface area contributed by atoms with Crippen LogP contribution in [-0.4, -0.2) is 106 Å². The summed E-state index contributed by atoms with van der Waals surface area (Å²) < 4.78 is 40.5. The molecule has 0 unspecified atom stereocenters. The first kappa shape index (κ1) is 39.4. The molecule has 5 aromatic rings. The van der Waals surface area contributed by atoms with Gasteiger partial charge in [0.1, 0.15) is 60.0 Å². The summed E-state index contributed by atoms with van der Waals surface area (Å²) in [4.78, 5) is 29.7. The number of aromatic nitrogens is 6. The predicted octanol–water partition coefficient (Wildman–Crippen LogP) is 3.30. The lowest BCUT2D eigenvalue weighted by Gasteiger charge is -2.29. The maximum Gasteiger partial charge on any atom is 0.256 e. The maximum atomic E-state index is 12.7. The van der Waals surface area contributed by atoms with Crippen LogP contribution in [0.1, 0.15) is 64.4 Å². The SMILES string of the molecule is CC#C[C@@]12OC(C)(C)O[C@@H]1[C@@H](CO)O[C@H]2n1ccc2c(N)ncnc21.CC#C[C@@]12OC(C)(C)O[C@@H]1[C@@H](CO)O[C@H]2n1ccc2c(NC(=O)c3ccccc3)ncnc21. The van der Waals surface area contributed by atoms with Crippen molar-refractivity contribution in [2.75, 3.05) is 24.3 Å². The lowest BCUT2D eigenvalue weighted by atomic mass is 9.94. The van der Waals surface area contributed by atoms with E-state index in [9.17, 15) is 15.0 Å². The Kier molecular flexibility index (Phi) is 9.99. The Morgan fingerprint density at radius 2 is 1.26 bits per heavy atom. The third-order valence-corrected chi connectivity index (χ3v) is 10.3. The number of nitrogens with one attached hydrogen (secondary N) is 1. The first-order valence-corrected chi connectivity index (χ1v) is 18.7. The number of anilines is 2. The Morgan fingerprint density at radius 1 is 0.759 bits per heavy atom. The monoisotopic (exact) mass is 792 g/mol.